The maximum atomic E-state index is 12.5. The zero-order chi connectivity index (χ0) is 14.3. The first-order valence-corrected chi connectivity index (χ1v) is 8.51. The fourth-order valence-corrected chi connectivity index (χ4v) is 4.40. The number of hydrogen-bond donors (Lipinski definition) is 0. The van der Waals surface area contributed by atoms with Gasteiger partial charge in [-0.15, -0.1) is 0 Å². The third-order valence-corrected chi connectivity index (χ3v) is 5.56. The summed E-state index contributed by atoms with van der Waals surface area (Å²) in [6, 6.07) is 0. The Morgan fingerprint density at radius 1 is 1.19 bits per heavy atom. The number of rotatable bonds is 2. The lowest BCUT2D eigenvalue weighted by Crippen LogP contribution is -2.34. The predicted molar refractivity (Wildman–Crippen MR) is 80.4 cm³/mol. The first-order valence-electron chi connectivity index (χ1n) is 8.51. The second-order valence-electron chi connectivity index (χ2n) is 7.00. The van der Waals surface area contributed by atoms with Gasteiger partial charge < -0.3 is 4.74 Å². The Bertz CT molecular complexity index is 587. The van der Waals surface area contributed by atoms with Crippen LogP contribution in [0.15, 0.2) is 11.1 Å². The van der Waals surface area contributed by atoms with E-state index in [1.165, 1.54) is 38.5 Å². The van der Waals surface area contributed by atoms with Crippen LogP contribution in [0.2, 0.25) is 0 Å². The Labute approximate surface area is 125 Å². The summed E-state index contributed by atoms with van der Waals surface area (Å²) in [7, 11) is 0. The molecule has 114 valence electrons. The molecule has 1 aliphatic heterocycles. The van der Waals surface area contributed by atoms with E-state index in [1.54, 1.807) is 10.9 Å². The van der Waals surface area contributed by atoms with Crippen LogP contribution in [0.4, 0.5) is 0 Å². The molecule has 0 radical (unpaired) electrons. The molecular weight excluding hydrogens is 264 g/mol. The number of ether oxygens (including phenoxy) is 1. The molecule has 21 heavy (non-hydrogen) atoms. The molecule has 1 spiro atoms. The zero-order valence-electron chi connectivity index (χ0n) is 12.6. The molecule has 2 fully saturated rings. The van der Waals surface area contributed by atoms with E-state index in [0.29, 0.717) is 6.54 Å². The molecule has 2 aliphatic carbocycles. The van der Waals surface area contributed by atoms with Gasteiger partial charge in [-0.25, -0.2) is 4.98 Å². The van der Waals surface area contributed by atoms with Gasteiger partial charge in [-0.05, 0) is 44.9 Å². The summed E-state index contributed by atoms with van der Waals surface area (Å²) < 4.78 is 8.17. The van der Waals surface area contributed by atoms with E-state index in [1.807, 2.05) is 0 Å². The molecular formula is C17H24N2O2. The number of hydrogen-bond acceptors (Lipinski definition) is 3. The molecule has 3 aliphatic rings. The highest BCUT2D eigenvalue weighted by atomic mass is 16.5. The highest BCUT2D eigenvalue weighted by Crippen LogP contribution is 2.42. The summed E-state index contributed by atoms with van der Waals surface area (Å²) in [6.45, 7) is 0.681. The van der Waals surface area contributed by atoms with Crippen molar-refractivity contribution >= 4 is 0 Å². The predicted octanol–water partition coefficient (Wildman–Crippen LogP) is 2.61. The van der Waals surface area contributed by atoms with Gasteiger partial charge in [-0.1, -0.05) is 19.3 Å². The van der Waals surface area contributed by atoms with Gasteiger partial charge in [-0.3, -0.25) is 9.36 Å². The van der Waals surface area contributed by atoms with Crippen molar-refractivity contribution in [2.24, 2.45) is 0 Å². The molecule has 1 aromatic rings. The lowest BCUT2D eigenvalue weighted by molar-refractivity contribution is -0.0683. The average molecular weight is 288 g/mol. The molecule has 0 amide bonds. The molecule has 4 nitrogen and oxygen atoms in total. The number of aromatic nitrogens is 2. The van der Waals surface area contributed by atoms with Crippen LogP contribution >= 0.6 is 0 Å². The number of fused-ring (bicyclic) bond motifs is 1. The molecule has 0 N–H and O–H groups in total. The Hall–Kier alpha value is -1.16. The standard InChI is InChI=1S/C17H24N2O2/c20-16-14-5-4-6-15(14)18-12-19(16)11-13-7-10-17(21-13)8-2-1-3-9-17/h12-13H,1-11H2/t13-/m1/s1. The van der Waals surface area contributed by atoms with Crippen molar-refractivity contribution in [1.29, 1.82) is 0 Å². The van der Waals surface area contributed by atoms with Crippen molar-refractivity contribution in [3.05, 3.63) is 27.9 Å². The van der Waals surface area contributed by atoms with Crippen molar-refractivity contribution in [3.63, 3.8) is 0 Å². The van der Waals surface area contributed by atoms with Crippen LogP contribution in [-0.4, -0.2) is 21.3 Å². The van der Waals surface area contributed by atoms with Crippen molar-refractivity contribution in [3.8, 4) is 0 Å². The third-order valence-electron chi connectivity index (χ3n) is 5.56. The van der Waals surface area contributed by atoms with Crippen LogP contribution < -0.4 is 5.56 Å². The maximum absolute atomic E-state index is 12.5. The number of nitrogens with zero attached hydrogens (tertiary/aromatic N) is 2. The molecule has 1 saturated carbocycles. The van der Waals surface area contributed by atoms with Gasteiger partial charge in [-0.2, -0.15) is 0 Å². The van der Waals surface area contributed by atoms with Gasteiger partial charge in [0.05, 0.1) is 30.3 Å². The van der Waals surface area contributed by atoms with Gasteiger partial charge in [0, 0.05) is 5.56 Å². The molecule has 1 saturated heterocycles. The van der Waals surface area contributed by atoms with E-state index in [0.717, 1.165) is 36.9 Å². The molecule has 0 bridgehead atoms. The second-order valence-corrected chi connectivity index (χ2v) is 7.00. The monoisotopic (exact) mass is 288 g/mol. The highest BCUT2D eigenvalue weighted by molar-refractivity contribution is 5.21. The van der Waals surface area contributed by atoms with Crippen molar-refractivity contribution in [2.45, 2.75) is 82.5 Å². The fourth-order valence-electron chi connectivity index (χ4n) is 4.40. The molecule has 0 unspecified atom stereocenters. The zero-order valence-corrected chi connectivity index (χ0v) is 12.6. The molecule has 4 heteroatoms. The largest absolute Gasteiger partial charge is 0.370 e. The fraction of sp³-hybridized carbons (Fsp3) is 0.765. The SMILES string of the molecule is O=c1c2c(ncn1C[C@H]1CCC3(CCCCC3)O1)CCC2. The van der Waals surface area contributed by atoms with Crippen LogP contribution in [0.25, 0.3) is 0 Å². The third kappa shape index (κ3) is 2.44. The summed E-state index contributed by atoms with van der Waals surface area (Å²) in [6.07, 6.45) is 13.5. The van der Waals surface area contributed by atoms with Gasteiger partial charge in [0.15, 0.2) is 0 Å². The van der Waals surface area contributed by atoms with E-state index in [2.05, 4.69) is 4.98 Å². The molecule has 0 aromatic carbocycles. The Balaban J connectivity index is 1.49. The van der Waals surface area contributed by atoms with Crippen molar-refractivity contribution in [1.82, 2.24) is 9.55 Å². The average Bonchev–Trinajstić information content (AvgIpc) is 3.11. The summed E-state index contributed by atoms with van der Waals surface area (Å²) >= 11 is 0. The van der Waals surface area contributed by atoms with Crippen LogP contribution in [0.1, 0.15) is 62.6 Å². The van der Waals surface area contributed by atoms with E-state index < -0.39 is 0 Å². The van der Waals surface area contributed by atoms with Crippen molar-refractivity contribution < 1.29 is 4.74 Å². The summed E-state index contributed by atoms with van der Waals surface area (Å²) in [4.78, 5) is 17.0. The molecule has 2 heterocycles. The minimum Gasteiger partial charge on any atom is -0.370 e. The second kappa shape index (κ2) is 5.24. The number of aryl methyl sites for hydroxylation is 1. The lowest BCUT2D eigenvalue weighted by atomic mass is 9.83. The van der Waals surface area contributed by atoms with Gasteiger partial charge in [0.2, 0.25) is 0 Å². The Morgan fingerprint density at radius 2 is 2.05 bits per heavy atom. The van der Waals surface area contributed by atoms with Crippen LogP contribution in [0, 0.1) is 0 Å². The van der Waals surface area contributed by atoms with E-state index in [-0.39, 0.29) is 17.3 Å². The first-order chi connectivity index (χ1) is 10.3. The summed E-state index contributed by atoms with van der Waals surface area (Å²) in [5, 5.41) is 0. The quantitative estimate of drug-likeness (QED) is 0.840. The van der Waals surface area contributed by atoms with Gasteiger partial charge in [0.25, 0.3) is 5.56 Å². The molecule has 4 rings (SSSR count). The first kappa shape index (κ1) is 13.5. The van der Waals surface area contributed by atoms with Gasteiger partial charge >= 0.3 is 0 Å². The smallest absolute Gasteiger partial charge is 0.256 e. The van der Waals surface area contributed by atoms with Crippen molar-refractivity contribution in [2.75, 3.05) is 0 Å². The highest BCUT2D eigenvalue weighted by Gasteiger charge is 2.40. The Morgan fingerprint density at radius 3 is 2.90 bits per heavy atom. The normalized spacial score (nSPS) is 27.1. The van der Waals surface area contributed by atoms with Crippen LogP contribution in [0.3, 0.4) is 0 Å². The maximum Gasteiger partial charge on any atom is 0.256 e. The van der Waals surface area contributed by atoms with Gasteiger partial charge in [0.1, 0.15) is 0 Å². The van der Waals surface area contributed by atoms with E-state index in [4.69, 9.17) is 4.74 Å². The van der Waals surface area contributed by atoms with E-state index >= 15 is 0 Å². The minimum absolute atomic E-state index is 0.136. The molecule has 1 aromatic heterocycles. The summed E-state index contributed by atoms with van der Waals surface area (Å²) in [5.41, 5.74) is 2.28. The van der Waals surface area contributed by atoms with Crippen LogP contribution in [-0.2, 0) is 24.1 Å². The van der Waals surface area contributed by atoms with E-state index in [9.17, 15) is 4.79 Å². The topological polar surface area (TPSA) is 44.1 Å². The van der Waals surface area contributed by atoms with Crippen LogP contribution in [0.5, 0.6) is 0 Å². The lowest BCUT2D eigenvalue weighted by Gasteiger charge is -2.33. The summed E-state index contributed by atoms with van der Waals surface area (Å²) in [5.74, 6) is 0. The minimum atomic E-state index is 0.136. The molecule has 1 atom stereocenters. The Kier molecular flexibility index (Phi) is 3.37.